The Hall–Kier alpha value is -2.94. The normalized spacial score (nSPS) is 27.0. The van der Waals surface area contributed by atoms with Crippen molar-refractivity contribution >= 4 is 17.4 Å². The Morgan fingerprint density at radius 1 is 1.12 bits per heavy atom. The van der Waals surface area contributed by atoms with Gasteiger partial charge in [-0.05, 0) is 37.4 Å². The van der Waals surface area contributed by atoms with Crippen LogP contribution in [0.25, 0.3) is 0 Å². The number of ketones is 1. The Balaban J connectivity index is 1.18. The molecule has 4 fully saturated rings. The highest BCUT2D eigenvalue weighted by atomic mass is 16.5. The van der Waals surface area contributed by atoms with Crippen LogP contribution in [0.15, 0.2) is 30.5 Å². The van der Waals surface area contributed by atoms with Gasteiger partial charge in [-0.1, -0.05) is 17.3 Å². The SMILES string of the molecule is COc1ccccc1N1CCN(C(=O)[C@H]2CN3CC[C@H]2C[C@@H]3Cn2cc(C(C)=O)nn2)CC1. The number of piperidine rings is 3. The number of nitrogens with zero attached hydrogens (tertiary/aromatic N) is 6. The van der Waals surface area contributed by atoms with Crippen molar-refractivity contribution in [2.24, 2.45) is 11.8 Å². The lowest BCUT2D eigenvalue weighted by molar-refractivity contribution is -0.144. The minimum absolute atomic E-state index is 0.0665. The van der Waals surface area contributed by atoms with Crippen molar-refractivity contribution in [3.05, 3.63) is 36.2 Å². The Labute approximate surface area is 194 Å². The highest BCUT2D eigenvalue weighted by molar-refractivity contribution is 5.91. The lowest BCUT2D eigenvalue weighted by atomic mass is 9.75. The third-order valence-corrected chi connectivity index (χ3v) is 7.51. The number of Topliss-reactive ketones (excluding diaryl/α,β-unsaturated/α-hetero) is 1. The maximum absolute atomic E-state index is 13.4. The number of aromatic nitrogens is 3. The molecule has 1 aromatic heterocycles. The maximum atomic E-state index is 13.4. The van der Waals surface area contributed by atoms with Gasteiger partial charge in [-0.3, -0.25) is 19.2 Å². The third kappa shape index (κ3) is 4.34. The van der Waals surface area contributed by atoms with E-state index in [2.05, 4.69) is 31.1 Å². The van der Waals surface area contributed by atoms with E-state index < -0.39 is 0 Å². The number of amides is 1. The number of hydrogen-bond donors (Lipinski definition) is 0. The molecule has 0 spiro atoms. The zero-order chi connectivity index (χ0) is 22.9. The first-order valence-corrected chi connectivity index (χ1v) is 11.9. The molecule has 176 valence electrons. The molecule has 0 N–H and O–H groups in total. The largest absolute Gasteiger partial charge is 0.495 e. The van der Waals surface area contributed by atoms with Gasteiger partial charge in [0.15, 0.2) is 5.78 Å². The predicted octanol–water partition coefficient (Wildman–Crippen LogP) is 1.55. The second-order valence-corrected chi connectivity index (χ2v) is 9.41. The highest BCUT2D eigenvalue weighted by Crippen LogP contribution is 2.38. The molecule has 0 aliphatic carbocycles. The molecule has 0 radical (unpaired) electrons. The second-order valence-electron chi connectivity index (χ2n) is 9.41. The number of carbonyl (C=O) groups is 2. The summed E-state index contributed by atoms with van der Waals surface area (Å²) in [4.78, 5) is 31.7. The Morgan fingerprint density at radius 2 is 1.91 bits per heavy atom. The van der Waals surface area contributed by atoms with Crippen molar-refractivity contribution < 1.29 is 14.3 Å². The average Bonchev–Trinajstić information content (AvgIpc) is 3.33. The molecule has 33 heavy (non-hydrogen) atoms. The maximum Gasteiger partial charge on any atom is 0.227 e. The van der Waals surface area contributed by atoms with Gasteiger partial charge in [-0.25, -0.2) is 0 Å². The number of fused-ring (bicyclic) bond motifs is 3. The van der Waals surface area contributed by atoms with Gasteiger partial charge in [0.05, 0.1) is 31.5 Å². The summed E-state index contributed by atoms with van der Waals surface area (Å²) >= 11 is 0. The monoisotopic (exact) mass is 452 g/mol. The summed E-state index contributed by atoms with van der Waals surface area (Å²) in [5.74, 6) is 1.61. The van der Waals surface area contributed by atoms with Gasteiger partial charge in [-0.15, -0.1) is 5.10 Å². The number of para-hydroxylation sites is 2. The molecule has 4 aliphatic heterocycles. The lowest BCUT2D eigenvalue weighted by Crippen LogP contribution is -2.60. The topological polar surface area (TPSA) is 83.8 Å². The van der Waals surface area contributed by atoms with Crippen LogP contribution in [0.1, 0.15) is 30.3 Å². The molecule has 0 saturated carbocycles. The molecular formula is C24H32N6O3. The number of anilines is 1. The first-order chi connectivity index (χ1) is 16.0. The number of carbonyl (C=O) groups excluding carboxylic acids is 2. The minimum atomic E-state index is -0.0665. The van der Waals surface area contributed by atoms with E-state index in [4.69, 9.17) is 4.74 Å². The van der Waals surface area contributed by atoms with Crippen molar-refractivity contribution in [3.63, 3.8) is 0 Å². The Kier molecular flexibility index (Phi) is 6.05. The van der Waals surface area contributed by atoms with Crippen LogP contribution < -0.4 is 9.64 Å². The van der Waals surface area contributed by atoms with E-state index in [-0.39, 0.29) is 11.7 Å². The Morgan fingerprint density at radius 3 is 2.58 bits per heavy atom. The molecule has 1 unspecified atom stereocenters. The molecule has 2 aromatic rings. The zero-order valence-electron chi connectivity index (χ0n) is 19.4. The van der Waals surface area contributed by atoms with Gasteiger partial charge in [0, 0.05) is 45.7 Å². The van der Waals surface area contributed by atoms with Crippen LogP contribution in [0, 0.1) is 11.8 Å². The van der Waals surface area contributed by atoms with Crippen molar-refractivity contribution in [3.8, 4) is 5.75 Å². The van der Waals surface area contributed by atoms with Gasteiger partial charge >= 0.3 is 0 Å². The van der Waals surface area contributed by atoms with Crippen LogP contribution in [0.4, 0.5) is 5.69 Å². The van der Waals surface area contributed by atoms with Crippen LogP contribution in [0.3, 0.4) is 0 Å². The molecule has 2 bridgehead atoms. The van der Waals surface area contributed by atoms with Gasteiger partial charge in [0.25, 0.3) is 0 Å². The van der Waals surface area contributed by atoms with Gasteiger partial charge < -0.3 is 14.5 Å². The van der Waals surface area contributed by atoms with Crippen LogP contribution in [0.2, 0.25) is 0 Å². The van der Waals surface area contributed by atoms with E-state index in [0.29, 0.717) is 23.6 Å². The summed E-state index contributed by atoms with van der Waals surface area (Å²) in [5, 5.41) is 8.08. The number of ether oxygens (including phenoxy) is 1. The molecule has 9 heteroatoms. The van der Waals surface area contributed by atoms with E-state index in [1.165, 1.54) is 6.92 Å². The fraction of sp³-hybridized carbons (Fsp3) is 0.583. The van der Waals surface area contributed by atoms with E-state index >= 15 is 0 Å². The predicted molar refractivity (Wildman–Crippen MR) is 123 cm³/mol. The van der Waals surface area contributed by atoms with Gasteiger partial charge in [0.2, 0.25) is 5.91 Å². The average molecular weight is 453 g/mol. The first kappa shape index (κ1) is 21.9. The molecule has 4 aliphatic rings. The third-order valence-electron chi connectivity index (χ3n) is 7.51. The lowest BCUT2D eigenvalue weighted by Gasteiger charge is -2.50. The van der Waals surface area contributed by atoms with E-state index in [1.54, 1.807) is 18.0 Å². The van der Waals surface area contributed by atoms with Crippen molar-refractivity contribution in [1.29, 1.82) is 0 Å². The standard InChI is InChI=1S/C24H32N6O3/c1-17(31)21-16-30(26-25-21)14-19-13-18-7-8-29(19)15-20(18)24(32)28-11-9-27(10-12-28)22-5-3-4-6-23(22)33-2/h3-6,16,18-20H,7-15H2,1-2H3/t18-,19+,20-/m0/s1. The summed E-state index contributed by atoms with van der Waals surface area (Å²) in [6, 6.07) is 8.42. The molecule has 9 nitrogen and oxygen atoms in total. The van der Waals surface area contributed by atoms with Crippen molar-refractivity contribution in [2.75, 3.05) is 51.3 Å². The zero-order valence-corrected chi connectivity index (χ0v) is 19.4. The number of piperazine rings is 1. The summed E-state index contributed by atoms with van der Waals surface area (Å²) in [6.45, 7) is 7.19. The second kappa shape index (κ2) is 9.13. The highest BCUT2D eigenvalue weighted by Gasteiger charge is 2.44. The molecule has 5 heterocycles. The molecule has 1 amide bonds. The number of hydrogen-bond acceptors (Lipinski definition) is 7. The van der Waals surface area contributed by atoms with Crippen LogP contribution >= 0.6 is 0 Å². The number of rotatable bonds is 6. The summed E-state index contributed by atoms with van der Waals surface area (Å²) in [7, 11) is 1.70. The molecule has 6 rings (SSSR count). The quantitative estimate of drug-likeness (QED) is 0.615. The van der Waals surface area contributed by atoms with Crippen LogP contribution in [-0.2, 0) is 11.3 Å². The summed E-state index contributed by atoms with van der Waals surface area (Å²) < 4.78 is 7.29. The molecule has 4 saturated heterocycles. The van der Waals surface area contributed by atoms with Crippen LogP contribution in [0.5, 0.6) is 5.75 Å². The fourth-order valence-electron chi connectivity index (χ4n) is 5.67. The molecule has 1 aromatic carbocycles. The molecular weight excluding hydrogens is 420 g/mol. The van der Waals surface area contributed by atoms with Crippen LogP contribution in [-0.4, -0.2) is 88.9 Å². The minimum Gasteiger partial charge on any atom is -0.495 e. The summed E-state index contributed by atoms with van der Waals surface area (Å²) in [6.07, 6.45) is 3.80. The smallest absolute Gasteiger partial charge is 0.227 e. The van der Waals surface area contributed by atoms with Crippen molar-refractivity contribution in [2.45, 2.75) is 32.4 Å². The fourth-order valence-corrected chi connectivity index (χ4v) is 5.67. The molecule has 4 atom stereocenters. The first-order valence-electron chi connectivity index (χ1n) is 11.9. The van der Waals surface area contributed by atoms with Gasteiger partial charge in [-0.2, -0.15) is 0 Å². The van der Waals surface area contributed by atoms with Gasteiger partial charge in [0.1, 0.15) is 11.4 Å². The van der Waals surface area contributed by atoms with E-state index in [1.807, 2.05) is 18.2 Å². The van der Waals surface area contributed by atoms with Crippen molar-refractivity contribution in [1.82, 2.24) is 24.8 Å². The number of benzene rings is 1. The van der Waals surface area contributed by atoms with E-state index in [0.717, 1.165) is 70.1 Å². The van der Waals surface area contributed by atoms with E-state index in [9.17, 15) is 9.59 Å². The number of methoxy groups -OCH3 is 1. The summed E-state index contributed by atoms with van der Waals surface area (Å²) in [5.41, 5.74) is 1.50. The Bertz CT molecular complexity index is 1020.